The van der Waals surface area contributed by atoms with Gasteiger partial charge in [-0.15, -0.1) is 0 Å². The molecule has 112 valence electrons. The highest BCUT2D eigenvalue weighted by molar-refractivity contribution is 4.79. The Morgan fingerprint density at radius 1 is 1.00 bits per heavy atom. The molecule has 0 saturated heterocycles. The molecule has 0 spiro atoms. The highest BCUT2D eigenvalue weighted by atomic mass is 14.9. The molecular formula is C18H35N. The monoisotopic (exact) mass is 265 g/mol. The van der Waals surface area contributed by atoms with Crippen LogP contribution in [0.15, 0.2) is 0 Å². The van der Waals surface area contributed by atoms with Crippen molar-refractivity contribution in [3.8, 4) is 0 Å². The molecule has 0 aliphatic heterocycles. The summed E-state index contributed by atoms with van der Waals surface area (Å²) in [4.78, 5) is 0. The molecular weight excluding hydrogens is 230 g/mol. The zero-order valence-electron chi connectivity index (χ0n) is 13.5. The molecule has 2 aliphatic rings. The van der Waals surface area contributed by atoms with E-state index in [1.54, 1.807) is 0 Å². The predicted molar refractivity (Wildman–Crippen MR) is 84.3 cm³/mol. The predicted octanol–water partition coefficient (Wildman–Crippen LogP) is 5.01. The Balaban J connectivity index is 1.56. The van der Waals surface area contributed by atoms with Crippen LogP contribution in [0.2, 0.25) is 0 Å². The van der Waals surface area contributed by atoms with E-state index < -0.39 is 0 Å². The lowest BCUT2D eigenvalue weighted by atomic mass is 9.79. The van der Waals surface area contributed by atoms with Crippen molar-refractivity contribution in [3.63, 3.8) is 0 Å². The molecule has 0 radical (unpaired) electrons. The minimum absolute atomic E-state index is 0.830. The fourth-order valence-electron chi connectivity index (χ4n) is 4.30. The Kier molecular flexibility index (Phi) is 6.19. The SMILES string of the molecule is CC1CCCC(CCNC2CCC(C(C)C)CC2)C1. The zero-order valence-corrected chi connectivity index (χ0v) is 13.5. The lowest BCUT2D eigenvalue weighted by Gasteiger charge is -2.32. The van der Waals surface area contributed by atoms with Crippen molar-refractivity contribution in [2.75, 3.05) is 6.54 Å². The fourth-order valence-corrected chi connectivity index (χ4v) is 4.30. The van der Waals surface area contributed by atoms with Crippen molar-refractivity contribution in [2.45, 2.75) is 84.6 Å². The van der Waals surface area contributed by atoms with Gasteiger partial charge in [-0.25, -0.2) is 0 Å². The van der Waals surface area contributed by atoms with E-state index in [9.17, 15) is 0 Å². The summed E-state index contributed by atoms with van der Waals surface area (Å²) in [6, 6.07) is 0.830. The Bertz CT molecular complexity index is 240. The normalized spacial score (nSPS) is 36.6. The van der Waals surface area contributed by atoms with E-state index in [1.165, 1.54) is 64.3 Å². The molecule has 2 unspecified atom stereocenters. The minimum Gasteiger partial charge on any atom is -0.314 e. The third-order valence-electron chi connectivity index (χ3n) is 5.75. The van der Waals surface area contributed by atoms with Gasteiger partial charge in [-0.3, -0.25) is 0 Å². The first-order valence-electron chi connectivity index (χ1n) is 8.88. The van der Waals surface area contributed by atoms with E-state index in [2.05, 4.69) is 26.1 Å². The first-order valence-corrected chi connectivity index (χ1v) is 8.88. The number of rotatable bonds is 5. The molecule has 2 atom stereocenters. The maximum absolute atomic E-state index is 3.84. The van der Waals surface area contributed by atoms with Gasteiger partial charge in [-0.2, -0.15) is 0 Å². The number of hydrogen-bond donors (Lipinski definition) is 1. The second-order valence-corrected chi connectivity index (χ2v) is 7.74. The van der Waals surface area contributed by atoms with E-state index in [0.29, 0.717) is 0 Å². The molecule has 19 heavy (non-hydrogen) atoms. The topological polar surface area (TPSA) is 12.0 Å². The van der Waals surface area contributed by atoms with Gasteiger partial charge in [0, 0.05) is 6.04 Å². The largest absolute Gasteiger partial charge is 0.314 e. The van der Waals surface area contributed by atoms with E-state index in [1.807, 2.05) is 0 Å². The minimum atomic E-state index is 0.830. The van der Waals surface area contributed by atoms with Crippen LogP contribution in [0.4, 0.5) is 0 Å². The summed E-state index contributed by atoms with van der Waals surface area (Å²) in [5.41, 5.74) is 0. The van der Waals surface area contributed by atoms with Crippen molar-refractivity contribution in [3.05, 3.63) is 0 Å². The third-order valence-corrected chi connectivity index (χ3v) is 5.75. The summed E-state index contributed by atoms with van der Waals surface area (Å²) in [6.07, 6.45) is 13.1. The maximum Gasteiger partial charge on any atom is 0.00672 e. The van der Waals surface area contributed by atoms with Crippen molar-refractivity contribution in [1.29, 1.82) is 0 Å². The molecule has 0 bridgehead atoms. The van der Waals surface area contributed by atoms with Crippen LogP contribution < -0.4 is 5.32 Å². The first-order chi connectivity index (χ1) is 9.15. The first kappa shape index (κ1) is 15.4. The summed E-state index contributed by atoms with van der Waals surface area (Å²) >= 11 is 0. The third kappa shape index (κ3) is 5.10. The van der Waals surface area contributed by atoms with E-state index >= 15 is 0 Å². The van der Waals surface area contributed by atoms with Gasteiger partial charge in [0.25, 0.3) is 0 Å². The van der Waals surface area contributed by atoms with Crippen LogP contribution >= 0.6 is 0 Å². The highest BCUT2D eigenvalue weighted by Crippen LogP contribution is 2.31. The van der Waals surface area contributed by atoms with Crippen LogP contribution in [0.3, 0.4) is 0 Å². The average molecular weight is 265 g/mol. The van der Waals surface area contributed by atoms with Gasteiger partial charge in [-0.1, -0.05) is 40.0 Å². The molecule has 2 aliphatic carbocycles. The van der Waals surface area contributed by atoms with Crippen LogP contribution in [0.1, 0.15) is 78.6 Å². The summed E-state index contributed by atoms with van der Waals surface area (Å²) in [7, 11) is 0. The molecule has 2 fully saturated rings. The van der Waals surface area contributed by atoms with Crippen molar-refractivity contribution < 1.29 is 0 Å². The quantitative estimate of drug-likeness (QED) is 0.737. The molecule has 0 amide bonds. The average Bonchev–Trinajstić information content (AvgIpc) is 2.39. The molecule has 0 heterocycles. The second-order valence-electron chi connectivity index (χ2n) is 7.74. The van der Waals surface area contributed by atoms with Crippen LogP contribution in [-0.2, 0) is 0 Å². The molecule has 0 aromatic heterocycles. The highest BCUT2D eigenvalue weighted by Gasteiger charge is 2.23. The lowest BCUT2D eigenvalue weighted by molar-refractivity contribution is 0.227. The molecule has 2 rings (SSSR count). The van der Waals surface area contributed by atoms with Gasteiger partial charge in [0.2, 0.25) is 0 Å². The van der Waals surface area contributed by atoms with Crippen molar-refractivity contribution in [2.24, 2.45) is 23.7 Å². The number of nitrogens with one attached hydrogen (secondary N) is 1. The van der Waals surface area contributed by atoms with Crippen LogP contribution in [0.5, 0.6) is 0 Å². The van der Waals surface area contributed by atoms with Crippen LogP contribution in [0, 0.1) is 23.7 Å². The summed E-state index contributed by atoms with van der Waals surface area (Å²) in [6.45, 7) is 8.49. The van der Waals surface area contributed by atoms with Crippen LogP contribution in [-0.4, -0.2) is 12.6 Å². The van der Waals surface area contributed by atoms with Gasteiger partial charge in [0.1, 0.15) is 0 Å². The number of hydrogen-bond acceptors (Lipinski definition) is 1. The Hall–Kier alpha value is -0.0400. The zero-order chi connectivity index (χ0) is 13.7. The lowest BCUT2D eigenvalue weighted by Crippen LogP contribution is -2.35. The summed E-state index contributed by atoms with van der Waals surface area (Å²) in [5, 5.41) is 3.84. The summed E-state index contributed by atoms with van der Waals surface area (Å²) < 4.78 is 0. The smallest absolute Gasteiger partial charge is 0.00672 e. The van der Waals surface area contributed by atoms with Gasteiger partial charge in [0.05, 0.1) is 0 Å². The van der Waals surface area contributed by atoms with Gasteiger partial charge in [0.15, 0.2) is 0 Å². The Morgan fingerprint density at radius 3 is 2.37 bits per heavy atom. The Morgan fingerprint density at radius 2 is 1.74 bits per heavy atom. The van der Waals surface area contributed by atoms with Gasteiger partial charge >= 0.3 is 0 Å². The molecule has 0 aromatic carbocycles. The second kappa shape index (κ2) is 7.67. The molecule has 0 aromatic rings. The molecule has 1 heteroatoms. The maximum atomic E-state index is 3.84. The van der Waals surface area contributed by atoms with Crippen LogP contribution in [0.25, 0.3) is 0 Å². The summed E-state index contributed by atoms with van der Waals surface area (Å²) in [5.74, 6) is 3.89. The molecule has 1 N–H and O–H groups in total. The fraction of sp³-hybridized carbons (Fsp3) is 1.00. The van der Waals surface area contributed by atoms with Gasteiger partial charge in [-0.05, 0) is 68.7 Å². The van der Waals surface area contributed by atoms with E-state index in [0.717, 1.165) is 29.7 Å². The molecule has 2 saturated carbocycles. The van der Waals surface area contributed by atoms with E-state index in [4.69, 9.17) is 0 Å². The van der Waals surface area contributed by atoms with Crippen molar-refractivity contribution in [1.82, 2.24) is 5.32 Å². The van der Waals surface area contributed by atoms with Gasteiger partial charge < -0.3 is 5.32 Å². The van der Waals surface area contributed by atoms with E-state index in [-0.39, 0.29) is 0 Å². The Labute approximate surface area is 120 Å². The molecule has 1 nitrogen and oxygen atoms in total. The standard InChI is InChI=1S/C18H35N/c1-14(2)17-7-9-18(10-8-17)19-12-11-16-6-4-5-15(3)13-16/h14-19H,4-13H2,1-3H3. The van der Waals surface area contributed by atoms with Crippen molar-refractivity contribution >= 4 is 0 Å².